The van der Waals surface area contributed by atoms with Gasteiger partial charge in [-0.25, -0.2) is 0 Å². The largest absolute Gasteiger partial charge is 0.497 e. The van der Waals surface area contributed by atoms with Crippen LogP contribution < -0.4 is 20.1 Å². The molecule has 2 N–H and O–H groups in total. The molecule has 1 amide bonds. The van der Waals surface area contributed by atoms with Gasteiger partial charge in [-0.2, -0.15) is 0 Å². The fourth-order valence-electron chi connectivity index (χ4n) is 2.05. The van der Waals surface area contributed by atoms with Gasteiger partial charge in [-0.3, -0.25) is 4.79 Å². The Kier molecular flexibility index (Phi) is 4.04. The van der Waals surface area contributed by atoms with Gasteiger partial charge in [0.25, 0.3) is 0 Å². The number of nitrogens with one attached hydrogen (secondary N) is 2. The predicted molar refractivity (Wildman–Crippen MR) is 68.1 cm³/mol. The van der Waals surface area contributed by atoms with Gasteiger partial charge in [0.05, 0.1) is 20.3 Å². The fraction of sp³-hybridized carbons (Fsp3) is 0.462. The molecule has 1 unspecified atom stereocenters. The van der Waals surface area contributed by atoms with Crippen LogP contribution in [0.3, 0.4) is 0 Å². The van der Waals surface area contributed by atoms with Crippen LogP contribution >= 0.6 is 0 Å². The Hall–Kier alpha value is -1.75. The Bertz CT molecular complexity index is 434. The fourth-order valence-corrected chi connectivity index (χ4v) is 2.05. The van der Waals surface area contributed by atoms with Crippen molar-refractivity contribution in [2.75, 3.05) is 27.3 Å². The van der Waals surface area contributed by atoms with E-state index in [-0.39, 0.29) is 11.9 Å². The summed E-state index contributed by atoms with van der Waals surface area (Å²) < 4.78 is 10.5. The number of hydrogen-bond donors (Lipinski definition) is 2. The molecule has 1 saturated heterocycles. The molecule has 1 heterocycles. The van der Waals surface area contributed by atoms with Crippen molar-refractivity contribution in [3.63, 3.8) is 0 Å². The second kappa shape index (κ2) is 5.73. The summed E-state index contributed by atoms with van der Waals surface area (Å²) in [5.41, 5.74) is 0.993. The van der Waals surface area contributed by atoms with E-state index in [1.165, 1.54) is 0 Å². The monoisotopic (exact) mass is 250 g/mol. The van der Waals surface area contributed by atoms with Crippen LogP contribution in [0.25, 0.3) is 0 Å². The lowest BCUT2D eigenvalue weighted by Crippen LogP contribution is -2.53. The highest BCUT2D eigenvalue weighted by Gasteiger charge is 2.22. The number of methoxy groups -OCH3 is 2. The molecule has 1 aromatic rings. The standard InChI is InChI=1S/C13H18N2O3/c1-17-10-4-3-9(12(8-10)18-2)7-11-13(16)15-6-5-14-11/h3-4,8,11,14H,5-7H2,1-2H3,(H,15,16). The molecular weight excluding hydrogens is 232 g/mol. The third kappa shape index (κ3) is 2.73. The minimum absolute atomic E-state index is 0.0409. The lowest BCUT2D eigenvalue weighted by atomic mass is 10.0. The van der Waals surface area contributed by atoms with Crippen LogP contribution in [0.4, 0.5) is 0 Å². The van der Waals surface area contributed by atoms with Gasteiger partial charge in [-0.1, -0.05) is 6.07 Å². The third-order valence-corrected chi connectivity index (χ3v) is 3.05. The van der Waals surface area contributed by atoms with Crippen molar-refractivity contribution >= 4 is 5.91 Å². The predicted octanol–water partition coefficient (Wildman–Crippen LogP) is 0.334. The molecule has 0 aliphatic carbocycles. The van der Waals surface area contributed by atoms with Gasteiger partial charge in [0, 0.05) is 25.6 Å². The lowest BCUT2D eigenvalue weighted by molar-refractivity contribution is -0.124. The van der Waals surface area contributed by atoms with Crippen LogP contribution in [0.15, 0.2) is 18.2 Å². The van der Waals surface area contributed by atoms with Crippen LogP contribution in [-0.2, 0) is 11.2 Å². The van der Waals surface area contributed by atoms with Crippen LogP contribution in [0.2, 0.25) is 0 Å². The molecule has 0 aromatic heterocycles. The number of hydrogen-bond acceptors (Lipinski definition) is 4. The van der Waals surface area contributed by atoms with Crippen molar-refractivity contribution in [3.05, 3.63) is 23.8 Å². The zero-order valence-electron chi connectivity index (χ0n) is 10.7. The van der Waals surface area contributed by atoms with E-state index in [1.54, 1.807) is 14.2 Å². The number of piperazine rings is 1. The molecule has 98 valence electrons. The van der Waals surface area contributed by atoms with E-state index in [9.17, 15) is 4.79 Å². The molecule has 1 aromatic carbocycles. The topological polar surface area (TPSA) is 59.6 Å². The first-order valence-electron chi connectivity index (χ1n) is 5.96. The maximum absolute atomic E-state index is 11.7. The smallest absolute Gasteiger partial charge is 0.237 e. The molecule has 0 saturated carbocycles. The number of benzene rings is 1. The summed E-state index contributed by atoms with van der Waals surface area (Å²) in [6.45, 7) is 1.49. The Labute approximate surface area is 106 Å². The summed E-state index contributed by atoms with van der Waals surface area (Å²) >= 11 is 0. The summed E-state index contributed by atoms with van der Waals surface area (Å²) in [6.07, 6.45) is 0.610. The Balaban J connectivity index is 2.14. The second-order valence-corrected chi connectivity index (χ2v) is 4.18. The highest BCUT2D eigenvalue weighted by molar-refractivity contribution is 5.82. The maximum atomic E-state index is 11.7. The first kappa shape index (κ1) is 12.7. The molecule has 1 fully saturated rings. The molecule has 1 aliphatic heterocycles. The van der Waals surface area contributed by atoms with Gasteiger partial charge < -0.3 is 20.1 Å². The van der Waals surface area contributed by atoms with Crippen molar-refractivity contribution in [2.24, 2.45) is 0 Å². The highest BCUT2D eigenvalue weighted by atomic mass is 16.5. The summed E-state index contributed by atoms with van der Waals surface area (Å²) in [6, 6.07) is 5.44. The van der Waals surface area contributed by atoms with E-state index in [4.69, 9.17) is 9.47 Å². The normalized spacial score (nSPS) is 19.2. The number of carbonyl (C=O) groups excluding carboxylic acids is 1. The molecular formula is C13H18N2O3. The number of ether oxygens (including phenoxy) is 2. The number of amides is 1. The molecule has 0 spiro atoms. The third-order valence-electron chi connectivity index (χ3n) is 3.05. The summed E-state index contributed by atoms with van der Waals surface area (Å²) in [4.78, 5) is 11.7. The summed E-state index contributed by atoms with van der Waals surface area (Å²) in [5.74, 6) is 1.53. The van der Waals surface area contributed by atoms with Crippen molar-refractivity contribution in [3.8, 4) is 11.5 Å². The van der Waals surface area contributed by atoms with Gasteiger partial charge in [-0.05, 0) is 11.6 Å². The van der Waals surface area contributed by atoms with E-state index in [0.717, 1.165) is 23.6 Å². The number of rotatable bonds is 4. The zero-order valence-corrected chi connectivity index (χ0v) is 10.7. The van der Waals surface area contributed by atoms with Crippen LogP contribution in [0.5, 0.6) is 11.5 Å². The average Bonchev–Trinajstić information content (AvgIpc) is 2.41. The first-order chi connectivity index (χ1) is 8.74. The van der Waals surface area contributed by atoms with E-state index in [2.05, 4.69) is 10.6 Å². The minimum Gasteiger partial charge on any atom is -0.497 e. The quantitative estimate of drug-likeness (QED) is 0.808. The molecule has 18 heavy (non-hydrogen) atoms. The molecule has 1 aliphatic rings. The van der Waals surface area contributed by atoms with E-state index < -0.39 is 0 Å². The Morgan fingerprint density at radius 2 is 2.11 bits per heavy atom. The van der Waals surface area contributed by atoms with Crippen molar-refractivity contribution in [2.45, 2.75) is 12.5 Å². The van der Waals surface area contributed by atoms with E-state index in [1.807, 2.05) is 18.2 Å². The van der Waals surface area contributed by atoms with E-state index >= 15 is 0 Å². The van der Waals surface area contributed by atoms with Crippen LogP contribution in [0, 0.1) is 0 Å². The molecule has 0 radical (unpaired) electrons. The van der Waals surface area contributed by atoms with Crippen LogP contribution in [-0.4, -0.2) is 39.3 Å². The van der Waals surface area contributed by atoms with Gasteiger partial charge in [0.2, 0.25) is 5.91 Å². The minimum atomic E-state index is -0.193. The van der Waals surface area contributed by atoms with Crippen molar-refractivity contribution in [1.82, 2.24) is 10.6 Å². The first-order valence-corrected chi connectivity index (χ1v) is 5.96. The molecule has 5 heteroatoms. The molecule has 2 rings (SSSR count). The molecule has 5 nitrogen and oxygen atoms in total. The van der Waals surface area contributed by atoms with Crippen molar-refractivity contribution in [1.29, 1.82) is 0 Å². The Morgan fingerprint density at radius 3 is 2.78 bits per heavy atom. The van der Waals surface area contributed by atoms with Gasteiger partial charge >= 0.3 is 0 Å². The molecule has 0 bridgehead atoms. The SMILES string of the molecule is COc1ccc(CC2NCCNC2=O)c(OC)c1. The summed E-state index contributed by atoms with van der Waals surface area (Å²) in [7, 11) is 3.23. The zero-order chi connectivity index (χ0) is 13.0. The van der Waals surface area contributed by atoms with Crippen molar-refractivity contribution < 1.29 is 14.3 Å². The lowest BCUT2D eigenvalue weighted by Gasteiger charge is -2.24. The van der Waals surface area contributed by atoms with E-state index in [0.29, 0.717) is 13.0 Å². The average molecular weight is 250 g/mol. The summed E-state index contributed by atoms with van der Waals surface area (Å²) in [5, 5.41) is 6.04. The van der Waals surface area contributed by atoms with Crippen LogP contribution in [0.1, 0.15) is 5.56 Å². The Morgan fingerprint density at radius 1 is 1.28 bits per heavy atom. The maximum Gasteiger partial charge on any atom is 0.237 e. The van der Waals surface area contributed by atoms with Gasteiger partial charge in [-0.15, -0.1) is 0 Å². The molecule has 1 atom stereocenters. The highest BCUT2D eigenvalue weighted by Crippen LogP contribution is 2.25. The second-order valence-electron chi connectivity index (χ2n) is 4.18. The van der Waals surface area contributed by atoms with Gasteiger partial charge in [0.15, 0.2) is 0 Å². The van der Waals surface area contributed by atoms with Gasteiger partial charge in [0.1, 0.15) is 11.5 Å². The number of carbonyl (C=O) groups is 1.